The van der Waals surface area contributed by atoms with E-state index in [2.05, 4.69) is 21.2 Å². The molecule has 0 aliphatic carbocycles. The van der Waals surface area contributed by atoms with E-state index in [1.165, 1.54) is 18.2 Å². The average Bonchev–Trinajstić information content (AvgIpc) is 2.38. The lowest BCUT2D eigenvalue weighted by atomic mass is 10.2. The molecule has 2 rings (SSSR count). The summed E-state index contributed by atoms with van der Waals surface area (Å²) in [5.41, 5.74) is 0.743. The molecule has 0 spiro atoms. The number of phenolic OH excluding ortho intramolecular Hbond substituents is 2. The number of anilines is 1. The van der Waals surface area contributed by atoms with Crippen molar-refractivity contribution in [1.82, 2.24) is 0 Å². The molecule has 2 aromatic rings. The van der Waals surface area contributed by atoms with Gasteiger partial charge in [-0.3, -0.25) is 4.79 Å². The fourth-order valence-corrected chi connectivity index (χ4v) is 2.00. The molecule has 0 heterocycles. The number of hydrogen-bond donors (Lipinski definition) is 3. The SMILES string of the molecule is O=C(Nc1cccc(Cl)c1Br)c1ccc(O)c(O)c1. The molecule has 0 saturated heterocycles. The summed E-state index contributed by atoms with van der Waals surface area (Å²) in [5, 5.41) is 21.7. The normalized spacial score (nSPS) is 10.2. The first kappa shape index (κ1) is 13.7. The van der Waals surface area contributed by atoms with Crippen molar-refractivity contribution in [3.63, 3.8) is 0 Å². The lowest BCUT2D eigenvalue weighted by molar-refractivity contribution is 0.102. The van der Waals surface area contributed by atoms with Gasteiger partial charge in [0, 0.05) is 5.56 Å². The molecule has 0 radical (unpaired) electrons. The van der Waals surface area contributed by atoms with Gasteiger partial charge < -0.3 is 15.5 Å². The molecule has 0 unspecified atom stereocenters. The van der Waals surface area contributed by atoms with Crippen molar-refractivity contribution in [3.8, 4) is 11.5 Å². The van der Waals surface area contributed by atoms with Gasteiger partial charge in [-0.2, -0.15) is 0 Å². The van der Waals surface area contributed by atoms with E-state index in [1.807, 2.05) is 0 Å². The summed E-state index contributed by atoms with van der Waals surface area (Å²) in [4.78, 5) is 12.0. The largest absolute Gasteiger partial charge is 0.504 e. The number of carbonyl (C=O) groups excluding carboxylic acids is 1. The van der Waals surface area contributed by atoms with Gasteiger partial charge in [-0.15, -0.1) is 0 Å². The molecule has 4 nitrogen and oxygen atoms in total. The Morgan fingerprint density at radius 3 is 2.58 bits per heavy atom. The Morgan fingerprint density at radius 1 is 1.16 bits per heavy atom. The van der Waals surface area contributed by atoms with Gasteiger partial charge in [-0.1, -0.05) is 17.7 Å². The van der Waals surface area contributed by atoms with Gasteiger partial charge in [0.15, 0.2) is 11.5 Å². The van der Waals surface area contributed by atoms with Crippen molar-refractivity contribution in [2.45, 2.75) is 0 Å². The molecule has 19 heavy (non-hydrogen) atoms. The van der Waals surface area contributed by atoms with Crippen LogP contribution >= 0.6 is 27.5 Å². The van der Waals surface area contributed by atoms with Crippen LogP contribution in [-0.4, -0.2) is 16.1 Å². The van der Waals surface area contributed by atoms with Crippen LogP contribution in [0.15, 0.2) is 40.9 Å². The summed E-state index contributed by atoms with van der Waals surface area (Å²) in [7, 11) is 0. The summed E-state index contributed by atoms with van der Waals surface area (Å²) < 4.78 is 0.577. The second-order valence-electron chi connectivity index (χ2n) is 3.76. The molecule has 0 fully saturated rings. The molecular formula is C13H9BrClNO3. The first-order valence-electron chi connectivity index (χ1n) is 5.26. The first-order chi connectivity index (χ1) is 8.99. The van der Waals surface area contributed by atoms with E-state index in [9.17, 15) is 15.0 Å². The van der Waals surface area contributed by atoms with Crippen molar-refractivity contribution in [2.24, 2.45) is 0 Å². The van der Waals surface area contributed by atoms with E-state index in [-0.39, 0.29) is 17.1 Å². The molecule has 0 aliphatic rings. The highest BCUT2D eigenvalue weighted by molar-refractivity contribution is 9.10. The van der Waals surface area contributed by atoms with Crippen molar-refractivity contribution in [2.75, 3.05) is 5.32 Å². The Bertz CT molecular complexity index is 646. The highest BCUT2D eigenvalue weighted by Gasteiger charge is 2.11. The molecule has 2 aromatic carbocycles. The summed E-state index contributed by atoms with van der Waals surface area (Å²) in [6.45, 7) is 0. The highest BCUT2D eigenvalue weighted by Crippen LogP contribution is 2.31. The van der Waals surface area contributed by atoms with Gasteiger partial charge >= 0.3 is 0 Å². The van der Waals surface area contributed by atoms with E-state index in [1.54, 1.807) is 18.2 Å². The van der Waals surface area contributed by atoms with Crippen molar-refractivity contribution >= 4 is 39.1 Å². The maximum atomic E-state index is 12.0. The van der Waals surface area contributed by atoms with Crippen LogP contribution in [-0.2, 0) is 0 Å². The van der Waals surface area contributed by atoms with E-state index in [0.717, 1.165) is 0 Å². The maximum Gasteiger partial charge on any atom is 0.255 e. The van der Waals surface area contributed by atoms with Crippen LogP contribution in [0.4, 0.5) is 5.69 Å². The number of nitrogens with one attached hydrogen (secondary N) is 1. The fraction of sp³-hybridized carbons (Fsp3) is 0. The second-order valence-corrected chi connectivity index (χ2v) is 4.96. The van der Waals surface area contributed by atoms with E-state index >= 15 is 0 Å². The summed E-state index contributed by atoms with van der Waals surface area (Å²) in [6.07, 6.45) is 0. The van der Waals surface area contributed by atoms with Crippen LogP contribution in [0.3, 0.4) is 0 Å². The summed E-state index contributed by atoms with van der Waals surface area (Å²) in [5.74, 6) is -1.04. The zero-order valence-corrected chi connectivity index (χ0v) is 11.9. The van der Waals surface area contributed by atoms with Gasteiger partial charge in [0.25, 0.3) is 5.91 Å². The third-order valence-corrected chi connectivity index (χ3v) is 3.83. The number of rotatable bonds is 2. The number of carbonyl (C=O) groups is 1. The number of aromatic hydroxyl groups is 2. The van der Waals surface area contributed by atoms with Gasteiger partial charge in [0.2, 0.25) is 0 Å². The molecular weight excluding hydrogens is 334 g/mol. The molecule has 6 heteroatoms. The molecule has 98 valence electrons. The van der Waals surface area contributed by atoms with Crippen LogP contribution < -0.4 is 5.32 Å². The van der Waals surface area contributed by atoms with Crippen molar-refractivity contribution in [1.29, 1.82) is 0 Å². The standard InChI is InChI=1S/C13H9BrClNO3/c14-12-8(15)2-1-3-9(12)16-13(19)7-4-5-10(17)11(18)6-7/h1-6,17-18H,(H,16,19). The number of amides is 1. The maximum absolute atomic E-state index is 12.0. The first-order valence-corrected chi connectivity index (χ1v) is 6.43. The summed E-state index contributed by atoms with van der Waals surface area (Å²) >= 11 is 9.19. The van der Waals surface area contributed by atoms with E-state index in [0.29, 0.717) is 15.2 Å². The minimum atomic E-state index is -0.418. The number of phenols is 2. The zero-order valence-electron chi connectivity index (χ0n) is 9.52. The zero-order chi connectivity index (χ0) is 14.0. The molecule has 0 saturated carbocycles. The molecule has 0 bridgehead atoms. The predicted molar refractivity (Wildman–Crippen MR) is 76.9 cm³/mol. The monoisotopic (exact) mass is 341 g/mol. The minimum Gasteiger partial charge on any atom is -0.504 e. The van der Waals surface area contributed by atoms with Crippen LogP contribution in [0.1, 0.15) is 10.4 Å². The summed E-state index contributed by atoms with van der Waals surface area (Å²) in [6, 6.07) is 8.92. The van der Waals surface area contributed by atoms with Crippen LogP contribution in [0.5, 0.6) is 11.5 Å². The predicted octanol–water partition coefficient (Wildman–Crippen LogP) is 3.77. The van der Waals surface area contributed by atoms with Crippen LogP contribution in [0, 0.1) is 0 Å². The number of benzene rings is 2. The van der Waals surface area contributed by atoms with Crippen molar-refractivity contribution < 1.29 is 15.0 Å². The Hall–Kier alpha value is -1.72. The Kier molecular flexibility index (Phi) is 3.97. The van der Waals surface area contributed by atoms with E-state index in [4.69, 9.17) is 11.6 Å². The van der Waals surface area contributed by atoms with Crippen LogP contribution in [0.25, 0.3) is 0 Å². The third kappa shape index (κ3) is 3.00. The lowest BCUT2D eigenvalue weighted by Gasteiger charge is -2.09. The Morgan fingerprint density at radius 2 is 1.89 bits per heavy atom. The third-order valence-electron chi connectivity index (χ3n) is 2.44. The highest BCUT2D eigenvalue weighted by atomic mass is 79.9. The minimum absolute atomic E-state index is 0.224. The van der Waals surface area contributed by atoms with Gasteiger partial charge in [-0.25, -0.2) is 0 Å². The second kappa shape index (κ2) is 5.50. The van der Waals surface area contributed by atoms with Gasteiger partial charge in [0.05, 0.1) is 15.2 Å². The molecule has 3 N–H and O–H groups in total. The quantitative estimate of drug-likeness (QED) is 0.728. The topological polar surface area (TPSA) is 69.6 Å². The average molecular weight is 343 g/mol. The lowest BCUT2D eigenvalue weighted by Crippen LogP contribution is -2.12. The Labute approximate surface area is 122 Å². The van der Waals surface area contributed by atoms with Gasteiger partial charge in [-0.05, 0) is 46.3 Å². The van der Waals surface area contributed by atoms with Gasteiger partial charge in [0.1, 0.15) is 0 Å². The number of hydrogen-bond acceptors (Lipinski definition) is 3. The number of halogens is 2. The van der Waals surface area contributed by atoms with E-state index < -0.39 is 5.91 Å². The van der Waals surface area contributed by atoms with Crippen LogP contribution in [0.2, 0.25) is 5.02 Å². The molecule has 1 amide bonds. The molecule has 0 aliphatic heterocycles. The molecule has 0 atom stereocenters. The molecule has 0 aromatic heterocycles. The smallest absolute Gasteiger partial charge is 0.255 e. The Balaban J connectivity index is 2.26. The fourth-order valence-electron chi connectivity index (χ4n) is 1.46. The van der Waals surface area contributed by atoms with Crippen molar-refractivity contribution in [3.05, 3.63) is 51.5 Å².